The number of hydrogen-bond donors (Lipinski definition) is 1. The Kier molecular flexibility index (Phi) is 8.44. The standard InChI is InChI=1S/C32H33N3O5/c1-38-25-17-15-24(16-18-25)35-29-14-7-6-13-27(29)30(34-35)31(36)33-28(32(37)39-2)20-23-11-8-12-26(19-23)40-21-22-9-4-3-5-10-22/h3-5,8-12,15-19,28H,6-7,13-14,20-21H2,1-2H3,(H,33,36). The van der Waals surface area contributed by atoms with Gasteiger partial charge in [0, 0.05) is 17.7 Å². The van der Waals surface area contributed by atoms with E-state index in [1.54, 1.807) is 7.11 Å². The number of nitrogens with zero attached hydrogens (tertiary/aromatic N) is 2. The molecular weight excluding hydrogens is 506 g/mol. The van der Waals surface area contributed by atoms with Gasteiger partial charge in [0.25, 0.3) is 5.91 Å². The first-order chi connectivity index (χ1) is 19.6. The van der Waals surface area contributed by atoms with Gasteiger partial charge in [-0.25, -0.2) is 9.48 Å². The summed E-state index contributed by atoms with van der Waals surface area (Å²) in [4.78, 5) is 26.3. The Bertz CT molecular complexity index is 1460. The van der Waals surface area contributed by atoms with Gasteiger partial charge in [0.15, 0.2) is 5.69 Å². The molecule has 1 aliphatic rings. The van der Waals surface area contributed by atoms with E-state index in [4.69, 9.17) is 19.3 Å². The molecule has 0 bridgehead atoms. The van der Waals surface area contributed by atoms with Crippen LogP contribution in [0.3, 0.4) is 0 Å². The van der Waals surface area contributed by atoms with E-state index in [1.165, 1.54) is 7.11 Å². The first kappa shape index (κ1) is 27.0. The van der Waals surface area contributed by atoms with Crippen molar-refractivity contribution in [2.75, 3.05) is 14.2 Å². The van der Waals surface area contributed by atoms with Crippen LogP contribution in [-0.4, -0.2) is 41.9 Å². The molecule has 0 radical (unpaired) electrons. The fraction of sp³-hybridized carbons (Fsp3) is 0.281. The molecule has 8 heteroatoms. The Morgan fingerprint density at radius 2 is 1.65 bits per heavy atom. The Labute approximate surface area is 233 Å². The number of carbonyl (C=O) groups excluding carboxylic acids is 2. The molecule has 0 saturated carbocycles. The third-order valence-corrected chi connectivity index (χ3v) is 7.09. The lowest BCUT2D eigenvalue weighted by Crippen LogP contribution is -2.43. The Hall–Kier alpha value is -4.59. The van der Waals surface area contributed by atoms with E-state index >= 15 is 0 Å². The zero-order chi connectivity index (χ0) is 27.9. The van der Waals surface area contributed by atoms with Gasteiger partial charge in [0.05, 0.1) is 19.9 Å². The molecule has 1 aromatic heterocycles. The zero-order valence-electron chi connectivity index (χ0n) is 22.8. The number of nitrogens with one attached hydrogen (secondary N) is 1. The predicted octanol–water partition coefficient (Wildman–Crippen LogP) is 4.85. The molecule has 40 heavy (non-hydrogen) atoms. The molecule has 0 aliphatic heterocycles. The number of fused-ring (bicyclic) bond motifs is 1. The molecule has 206 valence electrons. The maximum absolute atomic E-state index is 13.6. The number of carbonyl (C=O) groups is 2. The summed E-state index contributed by atoms with van der Waals surface area (Å²) < 4.78 is 18.1. The second kappa shape index (κ2) is 12.5. The van der Waals surface area contributed by atoms with Gasteiger partial charge in [-0.2, -0.15) is 5.10 Å². The van der Waals surface area contributed by atoms with E-state index in [-0.39, 0.29) is 6.42 Å². The molecule has 8 nitrogen and oxygen atoms in total. The van der Waals surface area contributed by atoms with Crippen molar-refractivity contribution < 1.29 is 23.8 Å². The molecule has 1 atom stereocenters. The van der Waals surface area contributed by atoms with Gasteiger partial charge >= 0.3 is 5.97 Å². The minimum absolute atomic E-state index is 0.252. The lowest BCUT2D eigenvalue weighted by Gasteiger charge is -2.18. The minimum atomic E-state index is -0.882. The summed E-state index contributed by atoms with van der Waals surface area (Å²) >= 11 is 0. The highest BCUT2D eigenvalue weighted by Crippen LogP contribution is 2.28. The lowest BCUT2D eigenvalue weighted by molar-refractivity contribution is -0.142. The van der Waals surface area contributed by atoms with Crippen LogP contribution in [0.4, 0.5) is 0 Å². The van der Waals surface area contributed by atoms with Gasteiger partial charge in [-0.15, -0.1) is 0 Å². The Morgan fingerprint density at radius 3 is 2.40 bits per heavy atom. The van der Waals surface area contributed by atoms with Crippen LogP contribution in [0, 0.1) is 0 Å². The summed E-state index contributed by atoms with van der Waals surface area (Å²) in [5.74, 6) is 0.520. The molecule has 5 rings (SSSR count). The summed E-state index contributed by atoms with van der Waals surface area (Å²) in [6.45, 7) is 0.434. The van der Waals surface area contributed by atoms with E-state index in [1.807, 2.05) is 83.5 Å². The van der Waals surface area contributed by atoms with Crippen molar-refractivity contribution in [1.29, 1.82) is 0 Å². The van der Waals surface area contributed by atoms with Crippen LogP contribution in [-0.2, 0) is 35.4 Å². The average molecular weight is 540 g/mol. The Morgan fingerprint density at radius 1 is 0.900 bits per heavy atom. The molecular formula is C32H33N3O5. The van der Waals surface area contributed by atoms with Crippen molar-refractivity contribution in [3.05, 3.63) is 107 Å². The van der Waals surface area contributed by atoms with Crippen LogP contribution in [0.1, 0.15) is 45.7 Å². The van der Waals surface area contributed by atoms with E-state index in [0.717, 1.165) is 59.5 Å². The third kappa shape index (κ3) is 6.17. The number of hydrogen-bond acceptors (Lipinski definition) is 6. The molecule has 1 aliphatic carbocycles. The van der Waals surface area contributed by atoms with Gasteiger partial charge in [0.1, 0.15) is 24.1 Å². The maximum atomic E-state index is 13.6. The SMILES string of the molecule is COC(=O)C(Cc1cccc(OCc2ccccc2)c1)NC(=O)c1nn(-c2ccc(OC)cc2)c2c1CCCC2. The van der Waals surface area contributed by atoms with Crippen molar-refractivity contribution in [1.82, 2.24) is 15.1 Å². The molecule has 0 saturated heterocycles. The smallest absolute Gasteiger partial charge is 0.328 e. The lowest BCUT2D eigenvalue weighted by atomic mass is 9.95. The first-order valence-corrected chi connectivity index (χ1v) is 13.4. The van der Waals surface area contributed by atoms with Crippen LogP contribution >= 0.6 is 0 Å². The van der Waals surface area contributed by atoms with Gasteiger partial charge in [-0.3, -0.25) is 4.79 Å². The van der Waals surface area contributed by atoms with Gasteiger partial charge < -0.3 is 19.5 Å². The van der Waals surface area contributed by atoms with Crippen molar-refractivity contribution in [2.24, 2.45) is 0 Å². The number of methoxy groups -OCH3 is 2. The Balaban J connectivity index is 1.34. The van der Waals surface area contributed by atoms with E-state index in [9.17, 15) is 9.59 Å². The maximum Gasteiger partial charge on any atom is 0.328 e. The molecule has 0 spiro atoms. The molecule has 1 amide bonds. The number of benzene rings is 3. The quantitative estimate of drug-likeness (QED) is 0.290. The largest absolute Gasteiger partial charge is 0.497 e. The minimum Gasteiger partial charge on any atom is -0.497 e. The van der Waals surface area contributed by atoms with Crippen molar-refractivity contribution in [2.45, 2.75) is 44.8 Å². The summed E-state index contributed by atoms with van der Waals surface area (Å²) in [5.41, 5.74) is 5.06. The van der Waals surface area contributed by atoms with Crippen LogP contribution in [0.2, 0.25) is 0 Å². The second-order valence-electron chi connectivity index (χ2n) is 9.77. The molecule has 1 heterocycles. The molecule has 1 N–H and O–H groups in total. The zero-order valence-corrected chi connectivity index (χ0v) is 22.8. The van der Waals surface area contributed by atoms with Crippen molar-refractivity contribution in [3.63, 3.8) is 0 Å². The van der Waals surface area contributed by atoms with Crippen LogP contribution in [0.15, 0.2) is 78.9 Å². The number of ether oxygens (including phenoxy) is 3. The molecule has 4 aromatic rings. The fourth-order valence-corrected chi connectivity index (χ4v) is 5.02. The third-order valence-electron chi connectivity index (χ3n) is 7.09. The van der Waals surface area contributed by atoms with Crippen LogP contribution in [0.25, 0.3) is 5.69 Å². The van der Waals surface area contributed by atoms with Gasteiger partial charge in [0.2, 0.25) is 0 Å². The van der Waals surface area contributed by atoms with E-state index in [0.29, 0.717) is 18.1 Å². The molecule has 1 unspecified atom stereocenters. The summed E-state index contributed by atoms with van der Waals surface area (Å²) in [6.07, 6.45) is 3.86. The monoisotopic (exact) mass is 539 g/mol. The highest BCUT2D eigenvalue weighted by molar-refractivity contribution is 5.96. The fourth-order valence-electron chi connectivity index (χ4n) is 5.02. The predicted molar refractivity (Wildman–Crippen MR) is 151 cm³/mol. The van der Waals surface area contributed by atoms with Gasteiger partial charge in [-0.1, -0.05) is 42.5 Å². The highest BCUT2D eigenvalue weighted by atomic mass is 16.5. The number of amides is 1. The normalized spacial score (nSPS) is 13.2. The highest BCUT2D eigenvalue weighted by Gasteiger charge is 2.29. The summed E-state index contributed by atoms with van der Waals surface area (Å²) in [6, 6.07) is 24.1. The van der Waals surface area contributed by atoms with Gasteiger partial charge in [-0.05, 0) is 73.2 Å². The number of aromatic nitrogens is 2. The van der Waals surface area contributed by atoms with Crippen molar-refractivity contribution in [3.8, 4) is 17.2 Å². The van der Waals surface area contributed by atoms with Crippen LogP contribution < -0.4 is 14.8 Å². The summed E-state index contributed by atoms with van der Waals surface area (Å²) in [7, 11) is 2.94. The topological polar surface area (TPSA) is 91.7 Å². The number of esters is 1. The average Bonchev–Trinajstić information content (AvgIpc) is 3.40. The first-order valence-electron chi connectivity index (χ1n) is 13.4. The summed E-state index contributed by atoms with van der Waals surface area (Å²) in [5, 5.41) is 7.61. The molecule has 0 fully saturated rings. The molecule has 3 aromatic carbocycles. The van der Waals surface area contributed by atoms with Crippen molar-refractivity contribution >= 4 is 11.9 Å². The van der Waals surface area contributed by atoms with Crippen LogP contribution in [0.5, 0.6) is 11.5 Å². The van der Waals surface area contributed by atoms with E-state index in [2.05, 4.69) is 5.32 Å². The van der Waals surface area contributed by atoms with E-state index < -0.39 is 17.9 Å². The number of rotatable bonds is 10. The second-order valence-corrected chi connectivity index (χ2v) is 9.77.